The average Bonchev–Trinajstić information content (AvgIpc) is 2.79. The Labute approximate surface area is 176 Å². The largest absolute Gasteiger partial charge is 0.297 e. The molecule has 0 amide bonds. The Bertz CT molecular complexity index is 1040. The maximum atomic E-state index is 14.2. The Kier molecular flexibility index (Phi) is 7.12. The Morgan fingerprint density at radius 1 is 0.933 bits per heavy atom. The zero-order valence-corrected chi connectivity index (χ0v) is 17.3. The molecule has 5 nitrogen and oxygen atoms in total. The molecule has 0 heterocycles. The van der Waals surface area contributed by atoms with Gasteiger partial charge in [0.05, 0.1) is 10.5 Å². The molecular weight excluding hydrogens is 395 g/mol. The maximum Gasteiger partial charge on any atom is 0.276 e. The van der Waals surface area contributed by atoms with Crippen molar-refractivity contribution in [2.75, 3.05) is 0 Å². The fraction of sp³-hybridized carbons (Fsp3) is 0.0833. The second-order valence-corrected chi connectivity index (χ2v) is 9.22. The second-order valence-electron chi connectivity index (χ2n) is 6.72. The summed E-state index contributed by atoms with van der Waals surface area (Å²) in [7, 11) is -3.15. The molecule has 0 bridgehead atoms. The monoisotopic (exact) mass is 418 g/mol. The molecular formula is C24H23N2O3P. The first-order chi connectivity index (χ1) is 14.5. The summed E-state index contributed by atoms with van der Waals surface area (Å²) in [4.78, 5) is 10.9. The summed E-state index contributed by atoms with van der Waals surface area (Å²) in [5, 5.41) is 16.0. The number of nitrogens with zero attached hydrogens (tertiary/aromatic N) is 1. The van der Waals surface area contributed by atoms with Crippen LogP contribution in [0.1, 0.15) is 12.0 Å². The molecule has 3 aromatic rings. The van der Waals surface area contributed by atoms with Gasteiger partial charge in [0.15, 0.2) is 0 Å². The summed E-state index contributed by atoms with van der Waals surface area (Å²) in [6, 6.07) is 24.8. The molecule has 0 saturated heterocycles. The lowest BCUT2D eigenvalue weighted by Gasteiger charge is -2.25. The number of nitrogens with one attached hydrogen (secondary N) is 1. The highest BCUT2D eigenvalue weighted by Gasteiger charge is 2.29. The molecule has 0 fully saturated rings. The molecule has 0 aliphatic carbocycles. The van der Waals surface area contributed by atoms with Crippen molar-refractivity contribution < 1.29 is 9.49 Å². The third-order valence-corrected chi connectivity index (χ3v) is 7.40. The lowest BCUT2D eigenvalue weighted by Crippen LogP contribution is -2.33. The number of rotatable bonds is 9. The zero-order valence-electron chi connectivity index (χ0n) is 16.4. The van der Waals surface area contributed by atoms with Gasteiger partial charge in [0.25, 0.3) is 5.69 Å². The molecule has 1 N–H and O–H groups in total. The Morgan fingerprint density at radius 3 is 2.00 bits per heavy atom. The normalized spacial score (nSPS) is 12.5. The molecule has 0 spiro atoms. The van der Waals surface area contributed by atoms with E-state index in [2.05, 4.69) is 11.7 Å². The molecule has 3 rings (SSSR count). The lowest BCUT2D eigenvalue weighted by atomic mass is 10.1. The number of para-hydroxylation sites is 1. The average molecular weight is 418 g/mol. The van der Waals surface area contributed by atoms with Crippen molar-refractivity contribution in [3.63, 3.8) is 0 Å². The van der Waals surface area contributed by atoms with Gasteiger partial charge in [-0.2, -0.15) is 0 Å². The van der Waals surface area contributed by atoms with Crippen LogP contribution in [0.15, 0.2) is 104 Å². The van der Waals surface area contributed by atoms with Gasteiger partial charge in [-0.1, -0.05) is 66.8 Å². The van der Waals surface area contributed by atoms with E-state index in [-0.39, 0.29) is 11.7 Å². The van der Waals surface area contributed by atoms with Gasteiger partial charge in [0, 0.05) is 22.7 Å². The van der Waals surface area contributed by atoms with Crippen molar-refractivity contribution in [2.45, 2.75) is 12.5 Å². The van der Waals surface area contributed by atoms with Crippen LogP contribution in [-0.4, -0.2) is 11.0 Å². The van der Waals surface area contributed by atoms with E-state index in [1.807, 2.05) is 66.7 Å². The minimum atomic E-state index is -3.15. The first kappa shape index (κ1) is 21.4. The molecule has 0 saturated carbocycles. The van der Waals surface area contributed by atoms with Gasteiger partial charge < -0.3 is 0 Å². The summed E-state index contributed by atoms with van der Waals surface area (Å²) in [5.41, 5.74) is 0.521. The highest BCUT2D eigenvalue weighted by atomic mass is 31.2. The van der Waals surface area contributed by atoms with E-state index < -0.39 is 12.2 Å². The van der Waals surface area contributed by atoms with E-state index in [9.17, 15) is 14.7 Å². The van der Waals surface area contributed by atoms with E-state index in [1.54, 1.807) is 30.4 Å². The predicted octanol–water partition coefficient (Wildman–Crippen LogP) is 5.07. The summed E-state index contributed by atoms with van der Waals surface area (Å²) < 4.78 is 14.2. The molecule has 0 radical (unpaired) electrons. The van der Waals surface area contributed by atoms with E-state index in [1.165, 1.54) is 6.07 Å². The molecule has 1 atom stereocenters. The van der Waals surface area contributed by atoms with Crippen LogP contribution in [0.4, 0.5) is 5.69 Å². The molecule has 0 aromatic heterocycles. The number of nitro groups is 1. The summed E-state index contributed by atoms with van der Waals surface area (Å²) in [6.07, 6.45) is 5.75. The lowest BCUT2D eigenvalue weighted by molar-refractivity contribution is -0.385. The molecule has 0 aliphatic rings. The fourth-order valence-electron chi connectivity index (χ4n) is 3.18. The van der Waals surface area contributed by atoms with Crippen LogP contribution in [0.5, 0.6) is 0 Å². The van der Waals surface area contributed by atoms with Gasteiger partial charge in [0.1, 0.15) is 0 Å². The van der Waals surface area contributed by atoms with Crippen LogP contribution in [0.25, 0.3) is 6.08 Å². The van der Waals surface area contributed by atoms with Gasteiger partial charge in [-0.3, -0.25) is 19.8 Å². The van der Waals surface area contributed by atoms with Gasteiger partial charge in [-0.25, -0.2) is 0 Å². The number of benzene rings is 3. The smallest absolute Gasteiger partial charge is 0.276 e. The zero-order chi connectivity index (χ0) is 21.4. The van der Waals surface area contributed by atoms with Crippen molar-refractivity contribution in [1.82, 2.24) is 5.09 Å². The standard InChI is InChI=1S/C24H23N2O3P/c1-2-11-21(19-18-20-12-9-10-17-24(20)26(27)28)25-30(29,22-13-5-3-6-14-22)23-15-7-4-8-16-23/h2-10,12-19,21H,1,11H2,(H,25,29)/t21-/m1/s1. The van der Waals surface area contributed by atoms with Crippen molar-refractivity contribution in [1.29, 1.82) is 0 Å². The molecule has 6 heteroatoms. The number of hydrogen-bond donors (Lipinski definition) is 1. The van der Waals surface area contributed by atoms with Crippen LogP contribution in [0.2, 0.25) is 0 Å². The Balaban J connectivity index is 1.98. The Hall–Kier alpha value is -3.27. The Morgan fingerprint density at radius 2 is 1.47 bits per heavy atom. The third-order valence-electron chi connectivity index (χ3n) is 4.65. The van der Waals surface area contributed by atoms with Crippen molar-refractivity contribution in [3.05, 3.63) is 119 Å². The summed E-state index contributed by atoms with van der Waals surface area (Å²) >= 11 is 0. The van der Waals surface area contributed by atoms with Crippen LogP contribution in [-0.2, 0) is 4.57 Å². The predicted molar refractivity (Wildman–Crippen MR) is 124 cm³/mol. The first-order valence-electron chi connectivity index (χ1n) is 9.56. The maximum absolute atomic E-state index is 14.2. The fourth-order valence-corrected chi connectivity index (χ4v) is 5.61. The quantitative estimate of drug-likeness (QED) is 0.228. The topological polar surface area (TPSA) is 72.2 Å². The van der Waals surface area contributed by atoms with E-state index in [0.717, 1.165) is 0 Å². The first-order valence-corrected chi connectivity index (χ1v) is 11.3. The summed E-state index contributed by atoms with van der Waals surface area (Å²) in [6.45, 7) is 3.80. The second kappa shape index (κ2) is 9.97. The van der Waals surface area contributed by atoms with Gasteiger partial charge in [-0.15, -0.1) is 6.58 Å². The van der Waals surface area contributed by atoms with Gasteiger partial charge in [-0.05, 0) is 36.8 Å². The molecule has 3 aromatic carbocycles. The highest BCUT2D eigenvalue weighted by molar-refractivity contribution is 7.76. The third kappa shape index (κ3) is 5.01. The van der Waals surface area contributed by atoms with E-state index in [0.29, 0.717) is 22.6 Å². The highest BCUT2D eigenvalue weighted by Crippen LogP contribution is 2.39. The van der Waals surface area contributed by atoms with Crippen LogP contribution >= 0.6 is 7.29 Å². The number of nitro benzene ring substituents is 1. The van der Waals surface area contributed by atoms with Crippen LogP contribution in [0.3, 0.4) is 0 Å². The van der Waals surface area contributed by atoms with Crippen molar-refractivity contribution >= 4 is 29.7 Å². The molecule has 0 unspecified atom stereocenters. The molecule has 0 aliphatic heterocycles. The van der Waals surface area contributed by atoms with Gasteiger partial charge in [0.2, 0.25) is 7.29 Å². The minimum absolute atomic E-state index is 0.0282. The minimum Gasteiger partial charge on any atom is -0.297 e. The SMILES string of the molecule is C=CC[C@H](C=Cc1ccccc1[N+](=O)[O-])NP(=O)(c1ccccc1)c1ccccc1. The molecule has 152 valence electrons. The van der Waals surface area contributed by atoms with Gasteiger partial charge >= 0.3 is 0 Å². The van der Waals surface area contributed by atoms with Crippen molar-refractivity contribution in [3.8, 4) is 0 Å². The van der Waals surface area contributed by atoms with Crippen LogP contribution < -0.4 is 15.7 Å². The molecule has 30 heavy (non-hydrogen) atoms. The van der Waals surface area contributed by atoms with Crippen molar-refractivity contribution in [2.24, 2.45) is 0 Å². The van der Waals surface area contributed by atoms with E-state index in [4.69, 9.17) is 0 Å². The van der Waals surface area contributed by atoms with E-state index >= 15 is 0 Å². The number of hydrogen-bond acceptors (Lipinski definition) is 3. The summed E-state index contributed by atoms with van der Waals surface area (Å²) in [5.74, 6) is 0. The van der Waals surface area contributed by atoms with Crippen LogP contribution in [0, 0.1) is 10.1 Å².